The van der Waals surface area contributed by atoms with Crippen molar-refractivity contribution < 1.29 is 4.74 Å². The van der Waals surface area contributed by atoms with E-state index in [1.165, 1.54) is 0 Å². The Labute approximate surface area is 78.9 Å². The molecule has 2 atom stereocenters. The van der Waals surface area contributed by atoms with Crippen LogP contribution in [0.1, 0.15) is 20.3 Å². The average molecular weight is 188 g/mol. The van der Waals surface area contributed by atoms with E-state index < -0.39 is 0 Å². The van der Waals surface area contributed by atoms with Crippen LogP contribution >= 0.6 is 12.2 Å². The van der Waals surface area contributed by atoms with Crippen molar-refractivity contribution >= 4 is 17.3 Å². The van der Waals surface area contributed by atoms with Crippen LogP contribution in [0, 0.1) is 0 Å². The van der Waals surface area contributed by atoms with Crippen molar-refractivity contribution in [3.05, 3.63) is 0 Å². The minimum absolute atomic E-state index is 0.245. The van der Waals surface area contributed by atoms with Gasteiger partial charge in [0.05, 0.1) is 18.8 Å². The fraction of sp³-hybridized carbons (Fsp3) is 0.875. The first-order valence-corrected chi connectivity index (χ1v) is 4.73. The number of ether oxygens (including phenoxy) is 1. The third-order valence-corrected chi connectivity index (χ3v) is 2.46. The molecule has 1 heterocycles. The second kappa shape index (κ2) is 4.05. The number of hydrogen-bond acceptors (Lipinski definition) is 2. The summed E-state index contributed by atoms with van der Waals surface area (Å²) in [7, 11) is 0. The Balaban J connectivity index is 2.58. The quantitative estimate of drug-likeness (QED) is 0.616. The summed E-state index contributed by atoms with van der Waals surface area (Å²) in [5, 5.41) is 0.497. The van der Waals surface area contributed by atoms with E-state index in [-0.39, 0.29) is 6.10 Å². The topological polar surface area (TPSA) is 38.5 Å². The van der Waals surface area contributed by atoms with Gasteiger partial charge in [0.25, 0.3) is 0 Å². The largest absolute Gasteiger partial charge is 0.376 e. The molecule has 0 radical (unpaired) electrons. The molecule has 0 aromatic heterocycles. The maximum Gasteiger partial charge on any atom is 0.166 e. The van der Waals surface area contributed by atoms with E-state index in [4.69, 9.17) is 22.7 Å². The van der Waals surface area contributed by atoms with Gasteiger partial charge in [-0.3, -0.25) is 0 Å². The highest BCUT2D eigenvalue weighted by Crippen LogP contribution is 2.13. The number of hydrogen-bond donors (Lipinski definition) is 1. The fourth-order valence-electron chi connectivity index (χ4n) is 1.45. The molecule has 0 amide bonds. The van der Waals surface area contributed by atoms with E-state index in [9.17, 15) is 0 Å². The second-order valence-corrected chi connectivity index (χ2v) is 3.61. The second-order valence-electron chi connectivity index (χ2n) is 3.20. The predicted molar refractivity (Wildman–Crippen MR) is 53.0 cm³/mol. The first-order valence-electron chi connectivity index (χ1n) is 4.32. The third kappa shape index (κ3) is 2.08. The summed E-state index contributed by atoms with van der Waals surface area (Å²) in [6.45, 7) is 5.73. The molecule has 2 N–H and O–H groups in total. The summed E-state index contributed by atoms with van der Waals surface area (Å²) in [5.41, 5.74) is 5.60. The monoisotopic (exact) mass is 188 g/mol. The zero-order chi connectivity index (χ0) is 9.14. The molecule has 1 rings (SSSR count). The molecular formula is C8H16N2OS. The van der Waals surface area contributed by atoms with Crippen LogP contribution in [0.4, 0.5) is 0 Å². The Morgan fingerprint density at radius 3 is 2.92 bits per heavy atom. The minimum atomic E-state index is 0.245. The molecule has 0 aliphatic carbocycles. The average Bonchev–Trinajstić information content (AvgIpc) is 2.04. The molecule has 2 unspecified atom stereocenters. The lowest BCUT2D eigenvalue weighted by atomic mass is 10.1. The molecule has 0 aromatic carbocycles. The molecule has 0 bridgehead atoms. The maximum atomic E-state index is 5.60. The third-order valence-electron chi connectivity index (χ3n) is 2.22. The van der Waals surface area contributed by atoms with Gasteiger partial charge in [0.1, 0.15) is 0 Å². The van der Waals surface area contributed by atoms with Gasteiger partial charge in [-0.2, -0.15) is 0 Å². The number of nitrogens with two attached hydrogens (primary N) is 1. The summed E-state index contributed by atoms with van der Waals surface area (Å²) in [4.78, 5) is 2.06. The zero-order valence-electron chi connectivity index (χ0n) is 7.62. The molecule has 12 heavy (non-hydrogen) atoms. The van der Waals surface area contributed by atoms with E-state index in [2.05, 4.69) is 11.8 Å². The molecule has 3 nitrogen and oxygen atoms in total. The lowest BCUT2D eigenvalue weighted by molar-refractivity contribution is -0.0279. The Morgan fingerprint density at radius 1 is 1.75 bits per heavy atom. The maximum absolute atomic E-state index is 5.60. The van der Waals surface area contributed by atoms with Gasteiger partial charge in [-0.25, -0.2) is 0 Å². The molecular weight excluding hydrogens is 172 g/mol. The Kier molecular flexibility index (Phi) is 3.29. The number of thiocarbonyl (C=S) groups is 1. The van der Waals surface area contributed by atoms with Gasteiger partial charge >= 0.3 is 0 Å². The van der Waals surface area contributed by atoms with Gasteiger partial charge in [-0.05, 0) is 25.6 Å². The van der Waals surface area contributed by atoms with Crippen LogP contribution in [-0.2, 0) is 4.74 Å². The molecule has 1 aliphatic rings. The SMILES string of the molecule is CCC1COC(C)CN1C(N)=S. The lowest BCUT2D eigenvalue weighted by Crippen LogP contribution is -2.53. The van der Waals surface area contributed by atoms with E-state index >= 15 is 0 Å². The molecule has 0 aromatic rings. The number of morpholine rings is 1. The van der Waals surface area contributed by atoms with Crippen molar-refractivity contribution in [1.82, 2.24) is 4.90 Å². The fourth-order valence-corrected chi connectivity index (χ4v) is 1.68. The Hall–Kier alpha value is -0.350. The van der Waals surface area contributed by atoms with Crippen LogP contribution in [0.3, 0.4) is 0 Å². The number of nitrogens with zero attached hydrogens (tertiary/aromatic N) is 1. The molecule has 1 saturated heterocycles. The van der Waals surface area contributed by atoms with E-state index in [1.54, 1.807) is 0 Å². The van der Waals surface area contributed by atoms with Gasteiger partial charge in [0.15, 0.2) is 5.11 Å². The first kappa shape index (κ1) is 9.74. The molecule has 0 saturated carbocycles. The highest BCUT2D eigenvalue weighted by molar-refractivity contribution is 7.80. The first-order chi connectivity index (χ1) is 5.65. The van der Waals surface area contributed by atoms with Crippen LogP contribution < -0.4 is 5.73 Å². The van der Waals surface area contributed by atoms with E-state index in [0.717, 1.165) is 19.6 Å². The summed E-state index contributed by atoms with van der Waals surface area (Å²) in [6.07, 6.45) is 1.28. The van der Waals surface area contributed by atoms with Crippen molar-refractivity contribution in [3.63, 3.8) is 0 Å². The summed E-state index contributed by atoms with van der Waals surface area (Å²) in [5.74, 6) is 0. The Bertz CT molecular complexity index is 174. The van der Waals surface area contributed by atoms with E-state index in [1.807, 2.05) is 6.92 Å². The van der Waals surface area contributed by atoms with Gasteiger partial charge in [-0.1, -0.05) is 6.92 Å². The smallest absolute Gasteiger partial charge is 0.166 e. The van der Waals surface area contributed by atoms with Crippen LogP contribution in [0.25, 0.3) is 0 Å². The molecule has 70 valence electrons. The standard InChI is InChI=1S/C8H16N2OS/c1-3-7-5-11-6(2)4-10(7)8(9)12/h6-7H,3-5H2,1-2H3,(H2,9,12). The summed E-state index contributed by atoms with van der Waals surface area (Å²) >= 11 is 4.96. The molecule has 1 fully saturated rings. The van der Waals surface area contributed by atoms with Crippen LogP contribution in [0.2, 0.25) is 0 Å². The van der Waals surface area contributed by atoms with Gasteiger partial charge in [-0.15, -0.1) is 0 Å². The predicted octanol–water partition coefficient (Wildman–Crippen LogP) is 0.729. The molecule has 0 spiro atoms. The van der Waals surface area contributed by atoms with Crippen molar-refractivity contribution in [2.75, 3.05) is 13.2 Å². The van der Waals surface area contributed by atoms with Gasteiger partial charge in [0, 0.05) is 6.54 Å². The van der Waals surface area contributed by atoms with Crippen molar-refractivity contribution in [1.29, 1.82) is 0 Å². The van der Waals surface area contributed by atoms with Crippen molar-refractivity contribution in [2.24, 2.45) is 5.73 Å². The van der Waals surface area contributed by atoms with Crippen LogP contribution in [-0.4, -0.2) is 35.3 Å². The normalized spacial score (nSPS) is 30.3. The van der Waals surface area contributed by atoms with E-state index in [0.29, 0.717) is 11.2 Å². The molecule has 1 aliphatic heterocycles. The molecule has 4 heteroatoms. The van der Waals surface area contributed by atoms with Gasteiger partial charge < -0.3 is 15.4 Å². The zero-order valence-corrected chi connectivity index (χ0v) is 8.43. The summed E-state index contributed by atoms with van der Waals surface area (Å²) < 4.78 is 5.50. The highest BCUT2D eigenvalue weighted by atomic mass is 32.1. The lowest BCUT2D eigenvalue weighted by Gasteiger charge is -2.38. The Morgan fingerprint density at radius 2 is 2.42 bits per heavy atom. The minimum Gasteiger partial charge on any atom is -0.376 e. The summed E-state index contributed by atoms with van der Waals surface area (Å²) in [6, 6.07) is 0.374. The van der Waals surface area contributed by atoms with Gasteiger partial charge in [0.2, 0.25) is 0 Å². The van der Waals surface area contributed by atoms with Crippen LogP contribution in [0.15, 0.2) is 0 Å². The van der Waals surface area contributed by atoms with Crippen molar-refractivity contribution in [3.8, 4) is 0 Å². The van der Waals surface area contributed by atoms with Crippen LogP contribution in [0.5, 0.6) is 0 Å². The number of rotatable bonds is 1. The van der Waals surface area contributed by atoms with Crippen molar-refractivity contribution in [2.45, 2.75) is 32.4 Å². The highest BCUT2D eigenvalue weighted by Gasteiger charge is 2.25.